The SMILES string of the molecule is CCNC(=NCc1nnc2n1CCCCC2)NCC(C)(O)c1ccco1.I. The summed E-state index contributed by atoms with van der Waals surface area (Å²) in [6.45, 7) is 6.14. The average molecular weight is 488 g/mol. The molecule has 150 valence electrons. The molecule has 0 aliphatic carbocycles. The van der Waals surface area contributed by atoms with Gasteiger partial charge in [0.05, 0.1) is 12.8 Å². The lowest BCUT2D eigenvalue weighted by atomic mass is 10.0. The number of rotatable bonds is 6. The van der Waals surface area contributed by atoms with E-state index in [1.807, 2.05) is 6.92 Å². The molecule has 0 saturated carbocycles. The topological polar surface area (TPSA) is 100 Å². The smallest absolute Gasteiger partial charge is 0.191 e. The van der Waals surface area contributed by atoms with Gasteiger partial charge >= 0.3 is 0 Å². The minimum absolute atomic E-state index is 0. The number of halogens is 1. The molecule has 0 aromatic carbocycles. The van der Waals surface area contributed by atoms with Gasteiger partial charge in [-0.05, 0) is 38.8 Å². The number of hydrogen-bond acceptors (Lipinski definition) is 5. The van der Waals surface area contributed by atoms with E-state index in [9.17, 15) is 5.11 Å². The lowest BCUT2D eigenvalue weighted by Crippen LogP contribution is -2.44. The number of aliphatic imine (C=N–C) groups is 1. The van der Waals surface area contributed by atoms with Gasteiger partial charge < -0.3 is 24.7 Å². The molecule has 3 heterocycles. The highest BCUT2D eigenvalue weighted by molar-refractivity contribution is 14.0. The Kier molecular flexibility index (Phi) is 8.08. The van der Waals surface area contributed by atoms with Crippen LogP contribution in [0.25, 0.3) is 0 Å². The fourth-order valence-electron chi connectivity index (χ4n) is 3.08. The van der Waals surface area contributed by atoms with Crippen molar-refractivity contribution in [2.24, 2.45) is 4.99 Å². The zero-order valence-corrected chi connectivity index (χ0v) is 18.3. The molecule has 1 unspecified atom stereocenters. The molecule has 2 aromatic rings. The van der Waals surface area contributed by atoms with Crippen molar-refractivity contribution in [2.45, 2.75) is 58.2 Å². The van der Waals surface area contributed by atoms with Crippen LogP contribution in [0.1, 0.15) is 50.5 Å². The molecule has 0 bridgehead atoms. The number of nitrogens with zero attached hydrogens (tertiary/aromatic N) is 4. The maximum atomic E-state index is 10.6. The predicted octanol–water partition coefficient (Wildman–Crippen LogP) is 2.18. The Morgan fingerprint density at radius 2 is 2.19 bits per heavy atom. The summed E-state index contributed by atoms with van der Waals surface area (Å²) in [6, 6.07) is 3.53. The minimum Gasteiger partial charge on any atom is -0.466 e. The predicted molar refractivity (Wildman–Crippen MR) is 114 cm³/mol. The Hall–Kier alpha value is -1.62. The van der Waals surface area contributed by atoms with Gasteiger partial charge in [-0.3, -0.25) is 0 Å². The first-order valence-corrected chi connectivity index (χ1v) is 9.29. The second-order valence-corrected chi connectivity index (χ2v) is 6.79. The van der Waals surface area contributed by atoms with Gasteiger partial charge in [0.1, 0.15) is 23.7 Å². The van der Waals surface area contributed by atoms with Crippen molar-refractivity contribution in [1.82, 2.24) is 25.4 Å². The standard InChI is InChI=1S/C18H28N6O2.HI/c1-3-19-17(21-13-18(2,25)14-8-7-11-26-14)20-12-16-23-22-15-9-5-4-6-10-24(15)16;/h7-8,11,25H,3-6,9-10,12-13H2,1-2H3,(H2,19,20,21);1H. The Bertz CT molecular complexity index is 726. The van der Waals surface area contributed by atoms with Crippen molar-refractivity contribution in [3.05, 3.63) is 35.8 Å². The Morgan fingerprint density at radius 3 is 2.93 bits per heavy atom. The number of aliphatic hydroxyl groups is 1. The van der Waals surface area contributed by atoms with Crippen molar-refractivity contribution >= 4 is 29.9 Å². The summed E-state index contributed by atoms with van der Waals surface area (Å²) in [5.74, 6) is 3.09. The van der Waals surface area contributed by atoms with Crippen molar-refractivity contribution in [1.29, 1.82) is 0 Å². The Morgan fingerprint density at radius 1 is 1.33 bits per heavy atom. The van der Waals surface area contributed by atoms with Crippen LogP contribution < -0.4 is 10.6 Å². The first kappa shape index (κ1) is 21.7. The van der Waals surface area contributed by atoms with Gasteiger partial charge in [-0.1, -0.05) is 6.42 Å². The van der Waals surface area contributed by atoms with E-state index in [1.54, 1.807) is 25.3 Å². The third-order valence-electron chi connectivity index (χ3n) is 4.56. The molecule has 1 aliphatic rings. The van der Waals surface area contributed by atoms with Crippen LogP contribution in [0.2, 0.25) is 0 Å². The molecular weight excluding hydrogens is 459 g/mol. The van der Waals surface area contributed by atoms with Gasteiger partial charge in [-0.25, -0.2) is 4.99 Å². The van der Waals surface area contributed by atoms with Gasteiger partial charge in [-0.2, -0.15) is 0 Å². The summed E-state index contributed by atoms with van der Waals surface area (Å²) >= 11 is 0. The molecule has 0 radical (unpaired) electrons. The minimum atomic E-state index is -1.12. The third kappa shape index (κ3) is 5.68. The summed E-state index contributed by atoms with van der Waals surface area (Å²) in [5.41, 5.74) is -1.12. The fraction of sp³-hybridized carbons (Fsp3) is 0.611. The number of fused-ring (bicyclic) bond motifs is 1. The van der Waals surface area contributed by atoms with Crippen molar-refractivity contribution in [3.8, 4) is 0 Å². The number of aryl methyl sites for hydroxylation is 1. The van der Waals surface area contributed by atoms with Crippen molar-refractivity contribution in [3.63, 3.8) is 0 Å². The lowest BCUT2D eigenvalue weighted by Gasteiger charge is -2.22. The van der Waals surface area contributed by atoms with Gasteiger partial charge in [0.15, 0.2) is 11.8 Å². The number of furan rings is 1. The monoisotopic (exact) mass is 488 g/mol. The molecule has 2 aromatic heterocycles. The summed E-state index contributed by atoms with van der Waals surface area (Å²) < 4.78 is 7.51. The van der Waals surface area contributed by atoms with Crippen molar-refractivity contribution < 1.29 is 9.52 Å². The van der Waals surface area contributed by atoms with Crippen LogP contribution in [0.5, 0.6) is 0 Å². The molecule has 0 spiro atoms. The van der Waals surface area contributed by atoms with Crippen LogP contribution >= 0.6 is 24.0 Å². The summed E-state index contributed by atoms with van der Waals surface area (Å²) in [7, 11) is 0. The molecule has 1 aliphatic heterocycles. The van der Waals surface area contributed by atoms with E-state index >= 15 is 0 Å². The van der Waals surface area contributed by atoms with Gasteiger partial charge in [0.2, 0.25) is 0 Å². The zero-order valence-electron chi connectivity index (χ0n) is 15.9. The van der Waals surface area contributed by atoms with Crippen LogP contribution in [-0.2, 0) is 25.1 Å². The lowest BCUT2D eigenvalue weighted by molar-refractivity contribution is 0.0386. The van der Waals surface area contributed by atoms with E-state index < -0.39 is 5.60 Å². The van der Waals surface area contributed by atoms with Crippen LogP contribution in [0.3, 0.4) is 0 Å². The van der Waals surface area contributed by atoms with Gasteiger partial charge in [0.25, 0.3) is 0 Å². The van der Waals surface area contributed by atoms with Gasteiger partial charge in [0, 0.05) is 19.5 Å². The second-order valence-electron chi connectivity index (χ2n) is 6.79. The summed E-state index contributed by atoms with van der Waals surface area (Å²) in [6.07, 6.45) is 6.11. The van der Waals surface area contributed by atoms with Crippen molar-refractivity contribution in [2.75, 3.05) is 13.1 Å². The quantitative estimate of drug-likeness (QED) is 0.328. The zero-order chi connectivity index (χ0) is 18.4. The van der Waals surface area contributed by atoms with Crippen LogP contribution in [0.4, 0.5) is 0 Å². The highest BCUT2D eigenvalue weighted by atomic mass is 127. The maximum absolute atomic E-state index is 10.6. The molecule has 27 heavy (non-hydrogen) atoms. The molecule has 0 saturated heterocycles. The number of hydrogen-bond donors (Lipinski definition) is 3. The maximum Gasteiger partial charge on any atom is 0.191 e. The average Bonchev–Trinajstić information content (AvgIpc) is 3.24. The van der Waals surface area contributed by atoms with E-state index in [2.05, 4.69) is 30.4 Å². The van der Waals surface area contributed by atoms with Crippen LogP contribution in [0, 0.1) is 0 Å². The molecule has 1 atom stereocenters. The molecule has 9 heteroatoms. The molecule has 0 amide bonds. The molecule has 8 nitrogen and oxygen atoms in total. The molecule has 3 rings (SSSR count). The largest absolute Gasteiger partial charge is 0.466 e. The highest BCUT2D eigenvalue weighted by Crippen LogP contribution is 2.19. The number of guanidine groups is 1. The second kappa shape index (κ2) is 10.1. The third-order valence-corrected chi connectivity index (χ3v) is 4.56. The van der Waals surface area contributed by atoms with E-state index in [-0.39, 0.29) is 30.5 Å². The molecule has 0 fully saturated rings. The van der Waals surface area contributed by atoms with E-state index in [0.29, 0.717) is 18.3 Å². The Labute approximate surface area is 176 Å². The number of aromatic nitrogens is 3. The fourth-order valence-corrected chi connectivity index (χ4v) is 3.08. The first-order chi connectivity index (χ1) is 12.6. The molecule has 3 N–H and O–H groups in total. The Balaban J connectivity index is 0.00000261. The summed E-state index contributed by atoms with van der Waals surface area (Å²) in [5, 5.41) is 25.6. The molecular formula is C18H29IN6O2. The van der Waals surface area contributed by atoms with E-state index in [4.69, 9.17) is 4.42 Å². The highest BCUT2D eigenvalue weighted by Gasteiger charge is 2.26. The van der Waals surface area contributed by atoms with E-state index in [1.165, 1.54) is 12.8 Å². The van der Waals surface area contributed by atoms with Crippen LogP contribution in [0.15, 0.2) is 27.8 Å². The van der Waals surface area contributed by atoms with E-state index in [0.717, 1.165) is 37.6 Å². The van der Waals surface area contributed by atoms with Crippen LogP contribution in [-0.4, -0.2) is 38.9 Å². The first-order valence-electron chi connectivity index (χ1n) is 9.29. The van der Waals surface area contributed by atoms with Gasteiger partial charge in [-0.15, -0.1) is 34.2 Å². The summed E-state index contributed by atoms with van der Waals surface area (Å²) in [4.78, 5) is 4.61. The number of nitrogens with one attached hydrogen (secondary N) is 2. The normalized spacial score (nSPS) is 16.6.